The minimum absolute atomic E-state index is 0.336. The zero-order valence-corrected chi connectivity index (χ0v) is 18.6. The van der Waals surface area contributed by atoms with Crippen LogP contribution in [0, 0.1) is 0 Å². The number of hydrazone groups is 1. The minimum Gasteiger partial charge on any atom is -0.497 e. The highest BCUT2D eigenvalue weighted by Crippen LogP contribution is 2.19. The quantitative estimate of drug-likeness (QED) is 0.213. The van der Waals surface area contributed by atoms with Crippen molar-refractivity contribution in [3.8, 4) is 17.2 Å². The summed E-state index contributed by atoms with van der Waals surface area (Å²) in [5.41, 5.74) is 3.73. The number of carbonyl (C=O) groups excluding carboxylic acids is 2. The topological polar surface area (TPSA) is 86.2 Å². The first-order valence-electron chi connectivity index (χ1n) is 10.6. The average molecular weight is 447 g/mol. The molecule has 0 heterocycles. The zero-order valence-electron chi connectivity index (χ0n) is 18.6. The van der Waals surface area contributed by atoms with Gasteiger partial charge in [-0.1, -0.05) is 31.5 Å². The molecule has 0 radical (unpaired) electrons. The lowest BCUT2D eigenvalue weighted by atomic mass is 10.2. The van der Waals surface area contributed by atoms with Crippen molar-refractivity contribution in [3.63, 3.8) is 0 Å². The molecule has 0 aromatic heterocycles. The van der Waals surface area contributed by atoms with E-state index >= 15 is 0 Å². The van der Waals surface area contributed by atoms with Gasteiger partial charge in [-0.2, -0.15) is 5.10 Å². The molecular weight excluding hydrogens is 420 g/mol. The lowest BCUT2D eigenvalue weighted by molar-refractivity contribution is -0.128. The maximum absolute atomic E-state index is 12.5. The van der Waals surface area contributed by atoms with Crippen LogP contribution in [0.5, 0.6) is 17.2 Å². The average Bonchev–Trinajstić information content (AvgIpc) is 2.85. The number of nitrogens with zero attached hydrogens (tertiary/aromatic N) is 1. The molecule has 0 bridgehead atoms. The van der Waals surface area contributed by atoms with Crippen LogP contribution in [-0.2, 0) is 4.79 Å². The number of methoxy groups -OCH3 is 1. The maximum Gasteiger partial charge on any atom is 0.343 e. The summed E-state index contributed by atoms with van der Waals surface area (Å²) in [5, 5.41) is 4.02. The first-order valence-corrected chi connectivity index (χ1v) is 10.6. The molecule has 0 spiro atoms. The van der Waals surface area contributed by atoms with Crippen LogP contribution >= 0.6 is 0 Å². The maximum atomic E-state index is 12.5. The van der Waals surface area contributed by atoms with Crippen molar-refractivity contribution >= 4 is 18.1 Å². The number of hydrogen-bond donors (Lipinski definition) is 1. The molecule has 0 aliphatic heterocycles. The van der Waals surface area contributed by atoms with E-state index in [4.69, 9.17) is 14.2 Å². The molecule has 0 aliphatic carbocycles. The van der Waals surface area contributed by atoms with Crippen LogP contribution in [0.4, 0.5) is 0 Å². The SMILES string of the molecule is CCC[C@H](Oc1ccc(OC)cc1)C(=O)NN=Cc1ccc(OC(=O)c2ccccc2)cc1. The van der Waals surface area contributed by atoms with Crippen LogP contribution in [0.15, 0.2) is 84.0 Å². The van der Waals surface area contributed by atoms with E-state index in [-0.39, 0.29) is 5.91 Å². The normalized spacial score (nSPS) is 11.6. The smallest absolute Gasteiger partial charge is 0.343 e. The van der Waals surface area contributed by atoms with Gasteiger partial charge < -0.3 is 14.2 Å². The fourth-order valence-corrected chi connectivity index (χ4v) is 2.93. The molecule has 3 rings (SSSR count). The summed E-state index contributed by atoms with van der Waals surface area (Å²) in [6.45, 7) is 1.98. The van der Waals surface area contributed by atoms with Crippen molar-refractivity contribution in [1.82, 2.24) is 5.43 Å². The molecule has 1 N–H and O–H groups in total. The highest BCUT2D eigenvalue weighted by atomic mass is 16.5. The second-order valence-corrected chi connectivity index (χ2v) is 7.13. The van der Waals surface area contributed by atoms with Crippen LogP contribution in [0.1, 0.15) is 35.7 Å². The number of ether oxygens (including phenoxy) is 3. The van der Waals surface area contributed by atoms with Crippen molar-refractivity contribution in [2.75, 3.05) is 7.11 Å². The van der Waals surface area contributed by atoms with Gasteiger partial charge in [-0.05, 0) is 72.6 Å². The summed E-state index contributed by atoms with van der Waals surface area (Å²) in [4.78, 5) is 24.6. The number of amides is 1. The third kappa shape index (κ3) is 7.21. The Morgan fingerprint density at radius 3 is 2.18 bits per heavy atom. The van der Waals surface area contributed by atoms with Crippen LogP contribution in [0.25, 0.3) is 0 Å². The number of nitrogens with one attached hydrogen (secondary N) is 1. The van der Waals surface area contributed by atoms with Gasteiger partial charge in [-0.3, -0.25) is 4.79 Å². The first-order chi connectivity index (χ1) is 16.1. The van der Waals surface area contributed by atoms with Crippen molar-refractivity contribution in [1.29, 1.82) is 0 Å². The van der Waals surface area contributed by atoms with E-state index < -0.39 is 12.1 Å². The van der Waals surface area contributed by atoms with E-state index in [0.29, 0.717) is 29.2 Å². The molecule has 33 heavy (non-hydrogen) atoms. The van der Waals surface area contributed by atoms with Gasteiger partial charge in [-0.25, -0.2) is 10.2 Å². The van der Waals surface area contributed by atoms with Gasteiger partial charge in [0.15, 0.2) is 6.10 Å². The summed E-state index contributed by atoms with van der Waals surface area (Å²) >= 11 is 0. The lowest BCUT2D eigenvalue weighted by Crippen LogP contribution is -2.35. The largest absolute Gasteiger partial charge is 0.497 e. The Morgan fingerprint density at radius 2 is 1.55 bits per heavy atom. The number of carbonyl (C=O) groups is 2. The number of benzene rings is 3. The van der Waals surface area contributed by atoms with E-state index in [1.807, 2.05) is 13.0 Å². The van der Waals surface area contributed by atoms with Gasteiger partial charge in [-0.15, -0.1) is 0 Å². The fourth-order valence-electron chi connectivity index (χ4n) is 2.93. The van der Waals surface area contributed by atoms with E-state index in [9.17, 15) is 9.59 Å². The molecule has 0 aliphatic rings. The lowest BCUT2D eigenvalue weighted by Gasteiger charge is -2.17. The molecule has 0 saturated heterocycles. The predicted octanol–water partition coefficient (Wildman–Crippen LogP) is 4.61. The van der Waals surface area contributed by atoms with Crippen LogP contribution in [0.3, 0.4) is 0 Å². The van der Waals surface area contributed by atoms with Gasteiger partial charge >= 0.3 is 5.97 Å². The fraction of sp³-hybridized carbons (Fsp3) is 0.192. The van der Waals surface area contributed by atoms with Crippen molar-refractivity contribution < 1.29 is 23.8 Å². The van der Waals surface area contributed by atoms with Crippen molar-refractivity contribution in [3.05, 3.63) is 90.0 Å². The molecule has 170 valence electrons. The molecular formula is C26H26N2O5. The molecule has 7 nitrogen and oxygen atoms in total. The molecule has 3 aromatic carbocycles. The number of hydrogen-bond acceptors (Lipinski definition) is 6. The van der Waals surface area contributed by atoms with Crippen LogP contribution in [0.2, 0.25) is 0 Å². The highest BCUT2D eigenvalue weighted by molar-refractivity contribution is 5.91. The Bertz CT molecular complexity index is 1060. The van der Waals surface area contributed by atoms with Gasteiger partial charge in [0, 0.05) is 0 Å². The molecule has 0 unspecified atom stereocenters. The second kappa shape index (κ2) is 12.0. The Kier molecular flexibility index (Phi) is 8.59. The molecule has 1 amide bonds. The molecule has 1 atom stereocenters. The molecule has 3 aromatic rings. The third-order valence-corrected chi connectivity index (χ3v) is 4.67. The van der Waals surface area contributed by atoms with Crippen molar-refractivity contribution in [2.24, 2.45) is 5.10 Å². The summed E-state index contributed by atoms with van der Waals surface area (Å²) in [6.07, 6.45) is 2.17. The Hall–Kier alpha value is -4.13. The van der Waals surface area contributed by atoms with Gasteiger partial charge in [0.05, 0.1) is 18.9 Å². The van der Waals surface area contributed by atoms with E-state index in [1.54, 1.807) is 79.9 Å². The Labute approximate surface area is 193 Å². The van der Waals surface area contributed by atoms with E-state index in [2.05, 4.69) is 10.5 Å². The summed E-state index contributed by atoms with van der Waals surface area (Å²) in [5.74, 6) is 0.944. The Morgan fingerprint density at radius 1 is 0.909 bits per heavy atom. The second-order valence-electron chi connectivity index (χ2n) is 7.13. The summed E-state index contributed by atoms with van der Waals surface area (Å²) in [6, 6.07) is 22.6. The molecule has 0 saturated carbocycles. The predicted molar refractivity (Wildman–Crippen MR) is 126 cm³/mol. The standard InChI is InChI=1S/C26H26N2O5/c1-3-7-24(32-22-16-14-21(31-2)15-17-22)25(29)28-27-18-19-10-12-23(13-11-19)33-26(30)20-8-5-4-6-9-20/h4-6,8-18,24H,3,7H2,1-2H3,(H,28,29)/t24-/m0/s1. The van der Waals surface area contributed by atoms with Crippen LogP contribution < -0.4 is 19.6 Å². The van der Waals surface area contributed by atoms with Crippen LogP contribution in [-0.4, -0.2) is 31.3 Å². The summed E-state index contributed by atoms with van der Waals surface area (Å²) < 4.78 is 16.3. The van der Waals surface area contributed by atoms with E-state index in [0.717, 1.165) is 12.0 Å². The zero-order chi connectivity index (χ0) is 23.5. The first kappa shape index (κ1) is 23.5. The van der Waals surface area contributed by atoms with E-state index in [1.165, 1.54) is 6.21 Å². The third-order valence-electron chi connectivity index (χ3n) is 4.67. The number of rotatable bonds is 10. The van der Waals surface area contributed by atoms with Crippen molar-refractivity contribution in [2.45, 2.75) is 25.9 Å². The monoisotopic (exact) mass is 446 g/mol. The van der Waals surface area contributed by atoms with Gasteiger partial charge in [0.2, 0.25) is 0 Å². The van der Waals surface area contributed by atoms with Gasteiger partial charge in [0.1, 0.15) is 17.2 Å². The number of esters is 1. The van der Waals surface area contributed by atoms with Gasteiger partial charge in [0.25, 0.3) is 5.91 Å². The Balaban J connectivity index is 1.53. The molecule has 0 fully saturated rings. The summed E-state index contributed by atoms with van der Waals surface area (Å²) in [7, 11) is 1.59. The highest BCUT2D eigenvalue weighted by Gasteiger charge is 2.19. The minimum atomic E-state index is -0.666. The molecule has 7 heteroatoms.